The van der Waals surface area contributed by atoms with E-state index in [9.17, 15) is 4.79 Å². The van der Waals surface area contributed by atoms with Gasteiger partial charge in [0.05, 0.1) is 25.6 Å². The van der Waals surface area contributed by atoms with Gasteiger partial charge in [-0.15, -0.1) is 0 Å². The Morgan fingerprint density at radius 2 is 1.94 bits per heavy atom. The summed E-state index contributed by atoms with van der Waals surface area (Å²) in [4.78, 5) is 12.2. The number of allylic oxidation sites excluding steroid dienone is 1. The molecule has 0 fully saturated rings. The highest BCUT2D eigenvalue weighted by atomic mass is 32.2. The van der Waals surface area contributed by atoms with Gasteiger partial charge in [-0.25, -0.2) is 0 Å². The molecule has 0 heterocycles. The Morgan fingerprint density at radius 3 is 2.47 bits per heavy atom. The molecule has 0 bridgehead atoms. The first kappa shape index (κ1) is 13.6. The third-order valence-corrected chi connectivity index (χ3v) is 2.70. The van der Waals surface area contributed by atoms with Crippen LogP contribution in [-0.4, -0.2) is 13.1 Å². The molecule has 0 saturated heterocycles. The molecular weight excluding hydrogens is 236 g/mol. The highest BCUT2D eigenvalue weighted by Gasteiger charge is 2.03. The summed E-state index contributed by atoms with van der Waals surface area (Å²) in [7, 11) is 1.61. The van der Waals surface area contributed by atoms with E-state index in [0.29, 0.717) is 6.42 Å². The number of hydrogen-bond donors (Lipinski definition) is 0. The maximum Gasteiger partial charge on any atom is 0.322 e. The first-order valence-corrected chi connectivity index (χ1v) is 6.00. The van der Waals surface area contributed by atoms with E-state index >= 15 is 0 Å². The van der Waals surface area contributed by atoms with Gasteiger partial charge in [0.15, 0.2) is 0 Å². The zero-order chi connectivity index (χ0) is 12.7. The van der Waals surface area contributed by atoms with Gasteiger partial charge in [-0.05, 0) is 38.1 Å². The van der Waals surface area contributed by atoms with Gasteiger partial charge in [0, 0.05) is 4.90 Å². The Morgan fingerprint density at radius 1 is 1.29 bits per heavy atom. The molecule has 0 aliphatic heterocycles. The van der Waals surface area contributed by atoms with Crippen molar-refractivity contribution in [3.63, 3.8) is 0 Å². The standard InChI is InChI=1S/C13H16O3S/c1-10(2)4-9-13(14)16-17-12-7-5-11(15-3)6-8-12/h4-8H,9H2,1-3H3. The van der Waals surface area contributed by atoms with Crippen molar-refractivity contribution >= 4 is 18.0 Å². The highest BCUT2D eigenvalue weighted by Crippen LogP contribution is 2.22. The average Bonchev–Trinajstić information content (AvgIpc) is 2.34. The second-order valence-corrected chi connectivity index (χ2v) is 4.50. The monoisotopic (exact) mass is 252 g/mol. The van der Waals surface area contributed by atoms with Crippen molar-refractivity contribution in [1.82, 2.24) is 0 Å². The fraction of sp³-hybridized carbons (Fsp3) is 0.308. The Balaban J connectivity index is 2.39. The number of hydrogen-bond acceptors (Lipinski definition) is 4. The molecule has 0 amide bonds. The van der Waals surface area contributed by atoms with E-state index in [4.69, 9.17) is 8.92 Å². The van der Waals surface area contributed by atoms with Crippen molar-refractivity contribution in [2.45, 2.75) is 25.2 Å². The van der Waals surface area contributed by atoms with E-state index in [1.54, 1.807) is 7.11 Å². The molecule has 0 aliphatic carbocycles. The fourth-order valence-corrected chi connectivity index (χ4v) is 1.55. The molecule has 0 radical (unpaired) electrons. The second kappa shape index (κ2) is 7.01. The van der Waals surface area contributed by atoms with Crippen LogP contribution in [0.4, 0.5) is 0 Å². The van der Waals surface area contributed by atoms with Crippen LogP contribution in [0.15, 0.2) is 40.8 Å². The van der Waals surface area contributed by atoms with Crippen molar-refractivity contribution in [1.29, 1.82) is 0 Å². The van der Waals surface area contributed by atoms with Crippen molar-refractivity contribution < 1.29 is 13.7 Å². The fourth-order valence-electron chi connectivity index (χ4n) is 1.05. The van der Waals surface area contributed by atoms with Crippen LogP contribution in [0.1, 0.15) is 20.3 Å². The number of benzene rings is 1. The van der Waals surface area contributed by atoms with Crippen molar-refractivity contribution in [3.05, 3.63) is 35.9 Å². The summed E-state index contributed by atoms with van der Waals surface area (Å²) >= 11 is 1.07. The average molecular weight is 252 g/mol. The molecule has 3 nitrogen and oxygen atoms in total. The van der Waals surface area contributed by atoms with Crippen LogP contribution in [0.5, 0.6) is 5.75 Å². The molecule has 0 unspecified atom stereocenters. The number of methoxy groups -OCH3 is 1. The zero-order valence-corrected chi connectivity index (χ0v) is 11.0. The molecule has 0 atom stereocenters. The summed E-state index contributed by atoms with van der Waals surface area (Å²) in [5, 5.41) is 0. The van der Waals surface area contributed by atoms with Gasteiger partial charge < -0.3 is 8.92 Å². The molecule has 0 aliphatic rings. The van der Waals surface area contributed by atoms with Crippen LogP contribution in [0, 0.1) is 0 Å². The summed E-state index contributed by atoms with van der Waals surface area (Å²) in [5.74, 6) is 0.539. The van der Waals surface area contributed by atoms with Crippen LogP contribution in [-0.2, 0) is 8.98 Å². The first-order chi connectivity index (χ1) is 8.11. The highest BCUT2D eigenvalue weighted by molar-refractivity contribution is 7.95. The lowest BCUT2D eigenvalue weighted by Gasteiger charge is -2.02. The molecule has 0 saturated carbocycles. The molecule has 0 aromatic heterocycles. The zero-order valence-electron chi connectivity index (χ0n) is 10.2. The predicted octanol–water partition coefficient (Wildman–Crippen LogP) is 3.60. The molecule has 0 spiro atoms. The smallest absolute Gasteiger partial charge is 0.322 e. The summed E-state index contributed by atoms with van der Waals surface area (Å²) < 4.78 is 10.1. The molecule has 0 N–H and O–H groups in total. The molecule has 17 heavy (non-hydrogen) atoms. The summed E-state index contributed by atoms with van der Waals surface area (Å²) in [6.07, 6.45) is 2.16. The summed E-state index contributed by atoms with van der Waals surface area (Å²) in [5.41, 5.74) is 1.11. The van der Waals surface area contributed by atoms with E-state index in [1.165, 1.54) is 0 Å². The normalized spacial score (nSPS) is 9.59. The van der Waals surface area contributed by atoms with Gasteiger partial charge in [0.1, 0.15) is 5.75 Å². The van der Waals surface area contributed by atoms with Crippen LogP contribution < -0.4 is 4.74 Å². The Bertz CT molecular complexity index is 392. The molecular formula is C13H16O3S. The van der Waals surface area contributed by atoms with Crippen molar-refractivity contribution in [2.24, 2.45) is 0 Å². The van der Waals surface area contributed by atoms with E-state index < -0.39 is 0 Å². The maximum absolute atomic E-state index is 11.3. The van der Waals surface area contributed by atoms with Crippen molar-refractivity contribution in [2.75, 3.05) is 7.11 Å². The second-order valence-electron chi connectivity index (χ2n) is 3.70. The van der Waals surface area contributed by atoms with E-state index in [0.717, 1.165) is 28.3 Å². The molecule has 1 aromatic rings. The minimum atomic E-state index is -0.244. The van der Waals surface area contributed by atoms with Gasteiger partial charge in [-0.1, -0.05) is 11.6 Å². The minimum Gasteiger partial charge on any atom is -0.497 e. The minimum absolute atomic E-state index is 0.244. The molecule has 92 valence electrons. The Kier molecular flexibility index (Phi) is 5.63. The van der Waals surface area contributed by atoms with Crippen LogP contribution in [0.2, 0.25) is 0 Å². The lowest BCUT2D eigenvalue weighted by Crippen LogP contribution is -1.96. The maximum atomic E-state index is 11.3. The first-order valence-electron chi connectivity index (χ1n) is 5.26. The topological polar surface area (TPSA) is 35.5 Å². The number of rotatable bonds is 5. The molecule has 1 rings (SSSR count). The van der Waals surface area contributed by atoms with Crippen LogP contribution in [0.3, 0.4) is 0 Å². The number of carbonyl (C=O) groups excluding carboxylic acids is 1. The Labute approximate surface area is 106 Å². The third kappa shape index (κ3) is 5.45. The van der Waals surface area contributed by atoms with Gasteiger partial charge in [0.2, 0.25) is 0 Å². The van der Waals surface area contributed by atoms with Crippen LogP contribution >= 0.6 is 12.0 Å². The predicted molar refractivity (Wildman–Crippen MR) is 69.0 cm³/mol. The largest absolute Gasteiger partial charge is 0.497 e. The van der Waals surface area contributed by atoms with Gasteiger partial charge in [-0.2, -0.15) is 0 Å². The lowest BCUT2D eigenvalue weighted by molar-refractivity contribution is -0.132. The lowest BCUT2D eigenvalue weighted by atomic mass is 10.3. The van der Waals surface area contributed by atoms with E-state index in [2.05, 4.69) is 0 Å². The SMILES string of the molecule is COc1ccc(SOC(=O)CC=C(C)C)cc1. The summed E-state index contributed by atoms with van der Waals surface area (Å²) in [6, 6.07) is 7.34. The quantitative estimate of drug-likeness (QED) is 0.592. The van der Waals surface area contributed by atoms with Gasteiger partial charge in [-0.3, -0.25) is 4.79 Å². The van der Waals surface area contributed by atoms with Crippen LogP contribution in [0.25, 0.3) is 0 Å². The molecule has 4 heteroatoms. The van der Waals surface area contributed by atoms with Gasteiger partial charge >= 0.3 is 5.97 Å². The van der Waals surface area contributed by atoms with Gasteiger partial charge in [0.25, 0.3) is 0 Å². The van der Waals surface area contributed by atoms with E-state index in [1.807, 2.05) is 44.2 Å². The summed E-state index contributed by atoms with van der Waals surface area (Å²) in [6.45, 7) is 3.90. The Hall–Kier alpha value is -1.42. The van der Waals surface area contributed by atoms with Crippen molar-refractivity contribution in [3.8, 4) is 5.75 Å². The third-order valence-electron chi connectivity index (χ3n) is 1.97. The van der Waals surface area contributed by atoms with E-state index in [-0.39, 0.29) is 5.97 Å². The number of ether oxygens (including phenoxy) is 1. The molecule has 1 aromatic carbocycles. The number of carbonyl (C=O) groups is 1.